The molecule has 1 aromatic heterocycles. The SMILES string of the molecule is CS(=O)(=O)c1cccc(Nc2nccc(Oc3ccc(N(C(=O)C4(C(N)=O)CC4)c4ccc(F)cc4)cc3F)n2)c1. The van der Waals surface area contributed by atoms with E-state index in [1.54, 1.807) is 12.1 Å². The Kier molecular flexibility index (Phi) is 7.13. The molecule has 2 amide bonds. The van der Waals surface area contributed by atoms with E-state index in [1.807, 2.05) is 0 Å². The number of carbonyl (C=O) groups is 2. The Morgan fingerprint density at radius 1 is 1.00 bits per heavy atom. The molecule has 1 aliphatic rings. The minimum Gasteiger partial charge on any atom is -0.436 e. The van der Waals surface area contributed by atoms with Crippen molar-refractivity contribution < 1.29 is 31.5 Å². The zero-order chi connectivity index (χ0) is 29.4. The number of nitrogens with two attached hydrogens (primary N) is 1. The fraction of sp³-hybridized carbons (Fsp3) is 0.143. The largest absolute Gasteiger partial charge is 0.436 e. The van der Waals surface area contributed by atoms with Gasteiger partial charge in [-0.25, -0.2) is 22.2 Å². The first-order valence-corrected chi connectivity index (χ1v) is 14.1. The van der Waals surface area contributed by atoms with E-state index in [1.165, 1.54) is 48.7 Å². The lowest BCUT2D eigenvalue weighted by Gasteiger charge is -2.26. The highest BCUT2D eigenvalue weighted by Crippen LogP contribution is 2.49. The Hall–Kier alpha value is -4.91. The highest BCUT2D eigenvalue weighted by Gasteiger charge is 2.57. The average Bonchev–Trinajstić information content (AvgIpc) is 3.74. The van der Waals surface area contributed by atoms with Crippen LogP contribution in [-0.4, -0.2) is 36.5 Å². The maximum atomic E-state index is 15.3. The van der Waals surface area contributed by atoms with Crippen LogP contribution in [0.5, 0.6) is 11.6 Å². The molecule has 1 heterocycles. The van der Waals surface area contributed by atoms with Gasteiger partial charge in [0.05, 0.1) is 10.6 Å². The summed E-state index contributed by atoms with van der Waals surface area (Å²) in [5.41, 5.74) is 4.80. The summed E-state index contributed by atoms with van der Waals surface area (Å²) in [7, 11) is -3.43. The molecule has 0 radical (unpaired) electrons. The van der Waals surface area contributed by atoms with Crippen LogP contribution in [0.25, 0.3) is 0 Å². The van der Waals surface area contributed by atoms with Crippen molar-refractivity contribution in [3.8, 4) is 11.6 Å². The van der Waals surface area contributed by atoms with Crippen LogP contribution < -0.4 is 20.7 Å². The van der Waals surface area contributed by atoms with Crippen LogP contribution in [0.15, 0.2) is 83.9 Å². The molecule has 4 aromatic rings. The van der Waals surface area contributed by atoms with Crippen molar-refractivity contribution in [2.24, 2.45) is 11.1 Å². The van der Waals surface area contributed by atoms with Crippen LogP contribution in [-0.2, 0) is 19.4 Å². The van der Waals surface area contributed by atoms with E-state index in [0.717, 1.165) is 29.4 Å². The van der Waals surface area contributed by atoms with E-state index in [2.05, 4.69) is 15.3 Å². The summed E-state index contributed by atoms with van der Waals surface area (Å²) in [6, 6.07) is 16.2. The highest BCUT2D eigenvalue weighted by molar-refractivity contribution is 7.90. The lowest BCUT2D eigenvalue weighted by atomic mass is 10.0. The summed E-state index contributed by atoms with van der Waals surface area (Å²) in [4.78, 5) is 35.0. The fourth-order valence-electron chi connectivity index (χ4n) is 4.10. The summed E-state index contributed by atoms with van der Waals surface area (Å²) in [6.07, 6.45) is 2.97. The quantitative estimate of drug-likeness (QED) is 0.273. The standard InChI is InChI=1S/C28H23F2N5O5S/c1-41(38,39)21-4-2-3-18(15-21)33-27-32-14-11-24(34-27)40-23-10-9-20(16-22(23)30)35(19-7-5-17(29)6-8-19)26(37)28(12-13-28)25(31)36/h2-11,14-16H,12-13H2,1H3,(H2,31,36)(H,32,33,34). The van der Waals surface area contributed by atoms with Crippen molar-refractivity contribution >= 4 is 44.7 Å². The van der Waals surface area contributed by atoms with E-state index in [4.69, 9.17) is 10.5 Å². The number of benzene rings is 3. The number of nitrogens with one attached hydrogen (secondary N) is 1. The number of primary amides is 1. The molecule has 13 heteroatoms. The molecule has 5 rings (SSSR count). The average molecular weight is 580 g/mol. The number of hydrogen-bond acceptors (Lipinski definition) is 8. The second kappa shape index (κ2) is 10.6. The minimum atomic E-state index is -3.43. The first-order chi connectivity index (χ1) is 19.5. The second-order valence-corrected chi connectivity index (χ2v) is 11.4. The summed E-state index contributed by atoms with van der Waals surface area (Å²) < 4.78 is 58.1. The van der Waals surface area contributed by atoms with Gasteiger partial charge >= 0.3 is 0 Å². The fourth-order valence-corrected chi connectivity index (χ4v) is 4.76. The van der Waals surface area contributed by atoms with Gasteiger partial charge in [-0.3, -0.25) is 14.5 Å². The first kappa shape index (κ1) is 27.6. The van der Waals surface area contributed by atoms with Gasteiger partial charge in [0.15, 0.2) is 21.4 Å². The third kappa shape index (κ3) is 5.84. The third-order valence-electron chi connectivity index (χ3n) is 6.46. The second-order valence-electron chi connectivity index (χ2n) is 9.42. The van der Waals surface area contributed by atoms with Crippen molar-refractivity contribution in [1.82, 2.24) is 9.97 Å². The van der Waals surface area contributed by atoms with E-state index >= 15 is 4.39 Å². The van der Waals surface area contributed by atoms with Gasteiger partial charge in [0.2, 0.25) is 23.6 Å². The number of nitrogens with zero attached hydrogens (tertiary/aromatic N) is 3. The molecular formula is C28H23F2N5O5S. The van der Waals surface area contributed by atoms with Crippen molar-refractivity contribution in [2.75, 3.05) is 16.5 Å². The number of carbonyl (C=O) groups excluding carboxylic acids is 2. The van der Waals surface area contributed by atoms with Gasteiger partial charge in [0, 0.05) is 36.0 Å². The zero-order valence-electron chi connectivity index (χ0n) is 21.5. The Morgan fingerprint density at radius 3 is 2.34 bits per heavy atom. The molecule has 3 aromatic carbocycles. The predicted molar refractivity (Wildman–Crippen MR) is 146 cm³/mol. The van der Waals surface area contributed by atoms with Crippen molar-refractivity contribution in [3.63, 3.8) is 0 Å². The number of hydrogen-bond donors (Lipinski definition) is 2. The minimum absolute atomic E-state index is 0.0226. The van der Waals surface area contributed by atoms with E-state index < -0.39 is 38.7 Å². The van der Waals surface area contributed by atoms with Gasteiger partial charge in [0.25, 0.3) is 0 Å². The number of sulfone groups is 1. The van der Waals surface area contributed by atoms with Crippen LogP contribution in [0.3, 0.4) is 0 Å². The Balaban J connectivity index is 1.40. The molecule has 0 bridgehead atoms. The molecule has 1 fully saturated rings. The molecule has 3 N–H and O–H groups in total. The molecule has 0 saturated heterocycles. The van der Waals surface area contributed by atoms with Crippen molar-refractivity contribution in [1.29, 1.82) is 0 Å². The maximum Gasteiger partial charge on any atom is 0.247 e. The van der Waals surface area contributed by atoms with Gasteiger partial charge in [-0.2, -0.15) is 4.98 Å². The number of ether oxygens (including phenoxy) is 1. The molecule has 0 unspecified atom stereocenters. The predicted octanol–water partition coefficient (Wildman–Crippen LogP) is 4.62. The smallest absolute Gasteiger partial charge is 0.247 e. The molecule has 1 aliphatic carbocycles. The number of amides is 2. The van der Waals surface area contributed by atoms with Crippen LogP contribution in [0, 0.1) is 17.0 Å². The normalized spacial score (nSPS) is 13.7. The van der Waals surface area contributed by atoms with Crippen LogP contribution >= 0.6 is 0 Å². The van der Waals surface area contributed by atoms with Gasteiger partial charge in [-0.1, -0.05) is 6.07 Å². The number of rotatable bonds is 9. The van der Waals surface area contributed by atoms with Gasteiger partial charge in [-0.05, 0) is 67.4 Å². The monoisotopic (exact) mass is 579 g/mol. The topological polar surface area (TPSA) is 145 Å². The number of anilines is 4. The Labute approximate surface area is 233 Å². The highest BCUT2D eigenvalue weighted by atomic mass is 32.2. The Bertz CT molecular complexity index is 1760. The number of aromatic nitrogens is 2. The van der Waals surface area contributed by atoms with Crippen molar-refractivity contribution in [2.45, 2.75) is 17.7 Å². The Morgan fingerprint density at radius 2 is 1.71 bits per heavy atom. The third-order valence-corrected chi connectivity index (χ3v) is 7.57. The summed E-state index contributed by atoms with van der Waals surface area (Å²) in [5.74, 6) is -2.98. The maximum absolute atomic E-state index is 15.3. The zero-order valence-corrected chi connectivity index (χ0v) is 22.4. The molecule has 1 saturated carbocycles. The van der Waals surface area contributed by atoms with Crippen LogP contribution in [0.4, 0.5) is 31.8 Å². The van der Waals surface area contributed by atoms with E-state index in [-0.39, 0.29) is 46.7 Å². The van der Waals surface area contributed by atoms with Gasteiger partial charge < -0.3 is 15.8 Å². The molecule has 210 valence electrons. The molecular weight excluding hydrogens is 556 g/mol. The van der Waals surface area contributed by atoms with Crippen LogP contribution in [0.1, 0.15) is 12.8 Å². The van der Waals surface area contributed by atoms with Crippen molar-refractivity contribution in [3.05, 3.63) is 90.6 Å². The molecule has 0 aliphatic heterocycles. The van der Waals surface area contributed by atoms with E-state index in [9.17, 15) is 22.4 Å². The lowest BCUT2D eigenvalue weighted by molar-refractivity contribution is -0.133. The molecule has 0 atom stereocenters. The lowest BCUT2D eigenvalue weighted by Crippen LogP contribution is -2.41. The van der Waals surface area contributed by atoms with Gasteiger partial charge in [0.1, 0.15) is 11.2 Å². The first-order valence-electron chi connectivity index (χ1n) is 12.2. The van der Waals surface area contributed by atoms with Gasteiger partial charge in [-0.15, -0.1) is 0 Å². The summed E-state index contributed by atoms with van der Waals surface area (Å²) in [5, 5.41) is 2.88. The summed E-state index contributed by atoms with van der Waals surface area (Å²) >= 11 is 0. The molecule has 0 spiro atoms. The van der Waals surface area contributed by atoms with Crippen LogP contribution in [0.2, 0.25) is 0 Å². The summed E-state index contributed by atoms with van der Waals surface area (Å²) in [6.45, 7) is 0. The van der Waals surface area contributed by atoms with E-state index in [0.29, 0.717) is 5.69 Å². The number of halogens is 2. The molecule has 41 heavy (non-hydrogen) atoms. The molecule has 10 nitrogen and oxygen atoms in total.